The van der Waals surface area contributed by atoms with E-state index >= 15 is 0 Å². The summed E-state index contributed by atoms with van der Waals surface area (Å²) >= 11 is 6.71. The molecule has 0 bridgehead atoms. The molecule has 154 valence electrons. The van der Waals surface area contributed by atoms with Crippen LogP contribution in [-0.4, -0.2) is 48.4 Å². The fourth-order valence-corrected chi connectivity index (χ4v) is 4.55. The fourth-order valence-electron chi connectivity index (χ4n) is 4.30. The summed E-state index contributed by atoms with van der Waals surface area (Å²) < 4.78 is 0. The summed E-state index contributed by atoms with van der Waals surface area (Å²) in [6, 6.07) is 7.99. The van der Waals surface area contributed by atoms with Crippen LogP contribution in [0.25, 0.3) is 22.3 Å². The number of hydrogen-bond acceptors (Lipinski definition) is 6. The van der Waals surface area contributed by atoms with Crippen LogP contribution in [0.4, 0.5) is 11.4 Å². The number of nitrogens with zero attached hydrogens (tertiary/aromatic N) is 4. The molecule has 2 aromatic heterocycles. The minimum absolute atomic E-state index is 0.311. The van der Waals surface area contributed by atoms with E-state index in [0.717, 1.165) is 53.1 Å². The number of hydrogen-bond donors (Lipinski definition) is 2. The van der Waals surface area contributed by atoms with Crippen LogP contribution in [0, 0.1) is 6.92 Å². The van der Waals surface area contributed by atoms with Crippen LogP contribution in [0.2, 0.25) is 5.02 Å². The van der Waals surface area contributed by atoms with Crippen molar-refractivity contribution in [1.29, 1.82) is 0 Å². The lowest BCUT2D eigenvalue weighted by atomic mass is 10.00. The number of aromatic nitrogens is 2. The van der Waals surface area contributed by atoms with E-state index < -0.39 is 0 Å². The molecule has 1 spiro atoms. The van der Waals surface area contributed by atoms with Gasteiger partial charge in [0.1, 0.15) is 0 Å². The number of rotatable bonds is 3. The zero-order valence-electron chi connectivity index (χ0n) is 17.2. The van der Waals surface area contributed by atoms with Crippen molar-refractivity contribution < 1.29 is 0 Å². The number of aliphatic imine (C=N–C) groups is 1. The third kappa shape index (κ3) is 3.40. The smallest absolute Gasteiger partial charge is 0.161 e. The highest BCUT2D eigenvalue weighted by molar-refractivity contribution is 6.35. The predicted octanol–water partition coefficient (Wildman–Crippen LogP) is 3.83. The van der Waals surface area contributed by atoms with Gasteiger partial charge in [0.25, 0.3) is 0 Å². The third-order valence-electron chi connectivity index (χ3n) is 6.17. The molecular formula is C23H25ClN6. The summed E-state index contributed by atoms with van der Waals surface area (Å²) in [5, 5.41) is 5.18. The van der Waals surface area contributed by atoms with E-state index in [1.807, 2.05) is 31.3 Å². The molecule has 3 heterocycles. The third-order valence-corrected chi connectivity index (χ3v) is 6.48. The van der Waals surface area contributed by atoms with E-state index in [1.165, 1.54) is 12.8 Å². The molecule has 2 fully saturated rings. The molecule has 1 aliphatic carbocycles. The molecule has 0 atom stereocenters. The number of nitrogens with one attached hydrogen (secondary N) is 1. The van der Waals surface area contributed by atoms with Crippen molar-refractivity contribution in [2.45, 2.75) is 25.3 Å². The number of anilines is 2. The van der Waals surface area contributed by atoms with E-state index in [0.29, 0.717) is 21.9 Å². The normalized spacial score (nSPS) is 17.9. The van der Waals surface area contributed by atoms with Crippen molar-refractivity contribution in [3.8, 4) is 11.3 Å². The number of nitrogen functional groups attached to an aromatic ring is 1. The van der Waals surface area contributed by atoms with Gasteiger partial charge in [0.15, 0.2) is 5.65 Å². The van der Waals surface area contributed by atoms with Gasteiger partial charge < -0.3 is 16.0 Å². The van der Waals surface area contributed by atoms with Crippen LogP contribution in [0.5, 0.6) is 0 Å². The predicted molar refractivity (Wildman–Crippen MR) is 125 cm³/mol. The van der Waals surface area contributed by atoms with Gasteiger partial charge >= 0.3 is 0 Å². The zero-order valence-corrected chi connectivity index (χ0v) is 18.0. The second kappa shape index (κ2) is 7.22. The van der Waals surface area contributed by atoms with Gasteiger partial charge in [-0.2, -0.15) is 0 Å². The second-order valence-corrected chi connectivity index (χ2v) is 8.77. The molecule has 1 aliphatic heterocycles. The molecule has 0 radical (unpaired) electrons. The number of piperazine rings is 1. The van der Waals surface area contributed by atoms with E-state index in [9.17, 15) is 0 Å². The molecule has 5 rings (SSSR count). The first-order chi connectivity index (χ1) is 14.5. The SMILES string of the molecule is CN=Cc1cc(-c2cc(Cl)c3cc(N4CCNC5(CC5)C4)cnc3n2)c(C)cc1N. The lowest BCUT2D eigenvalue weighted by Gasteiger charge is -2.35. The van der Waals surface area contributed by atoms with E-state index in [2.05, 4.69) is 26.3 Å². The highest BCUT2D eigenvalue weighted by Crippen LogP contribution is 2.39. The van der Waals surface area contributed by atoms with Crippen LogP contribution in [0.1, 0.15) is 24.0 Å². The molecular weight excluding hydrogens is 396 g/mol. The summed E-state index contributed by atoms with van der Waals surface area (Å²) in [5.41, 5.74) is 12.6. The Labute approximate surface area is 181 Å². The van der Waals surface area contributed by atoms with Gasteiger partial charge in [-0.25, -0.2) is 9.97 Å². The Morgan fingerprint density at radius 1 is 1.27 bits per heavy atom. The highest BCUT2D eigenvalue weighted by atomic mass is 35.5. The number of aryl methyl sites for hydroxylation is 1. The van der Waals surface area contributed by atoms with E-state index in [-0.39, 0.29) is 0 Å². The summed E-state index contributed by atoms with van der Waals surface area (Å²) in [7, 11) is 1.73. The minimum atomic E-state index is 0.311. The first-order valence-electron chi connectivity index (χ1n) is 10.3. The van der Waals surface area contributed by atoms with E-state index in [4.69, 9.17) is 22.3 Å². The first kappa shape index (κ1) is 19.3. The number of fused-ring (bicyclic) bond motifs is 1. The molecule has 1 saturated heterocycles. The van der Waals surface area contributed by atoms with Gasteiger partial charge in [-0.1, -0.05) is 11.6 Å². The number of nitrogens with two attached hydrogens (primary N) is 1. The quantitative estimate of drug-likeness (QED) is 0.497. The van der Waals surface area contributed by atoms with Crippen LogP contribution < -0.4 is 16.0 Å². The van der Waals surface area contributed by atoms with E-state index in [1.54, 1.807) is 13.3 Å². The van der Waals surface area contributed by atoms with Crippen molar-refractivity contribution in [2.75, 3.05) is 37.3 Å². The maximum atomic E-state index is 6.71. The van der Waals surface area contributed by atoms with Gasteiger partial charge in [-0.05, 0) is 49.6 Å². The summed E-state index contributed by atoms with van der Waals surface area (Å²) in [6.07, 6.45) is 6.18. The summed E-state index contributed by atoms with van der Waals surface area (Å²) in [4.78, 5) is 16.0. The maximum absolute atomic E-state index is 6.71. The monoisotopic (exact) mass is 420 g/mol. The standard InChI is InChI=1S/C23H25ClN6/c1-14-7-20(25)15(11-26-2)8-17(14)21-10-19(24)18-9-16(12-27-22(18)29-21)30-6-5-28-23(13-30)3-4-23/h7-12,28H,3-6,13,25H2,1-2H3. The van der Waals surface area contributed by atoms with Gasteiger partial charge in [0, 0.05) is 60.6 Å². The van der Waals surface area contributed by atoms with Crippen molar-refractivity contribution >= 4 is 40.2 Å². The van der Waals surface area contributed by atoms with Crippen molar-refractivity contribution in [2.24, 2.45) is 4.99 Å². The Hall–Kier alpha value is -2.70. The topological polar surface area (TPSA) is 79.4 Å². The van der Waals surface area contributed by atoms with Crippen molar-refractivity contribution in [3.05, 3.63) is 46.6 Å². The Bertz CT molecular complexity index is 1170. The average molecular weight is 421 g/mol. The maximum Gasteiger partial charge on any atom is 0.161 e. The molecule has 0 amide bonds. The fraction of sp³-hybridized carbons (Fsp3) is 0.348. The number of pyridine rings is 2. The van der Waals surface area contributed by atoms with Crippen LogP contribution >= 0.6 is 11.6 Å². The highest BCUT2D eigenvalue weighted by Gasteiger charge is 2.45. The second-order valence-electron chi connectivity index (χ2n) is 8.37. The van der Waals surface area contributed by atoms with Crippen LogP contribution in [0.3, 0.4) is 0 Å². The Balaban J connectivity index is 1.54. The van der Waals surface area contributed by atoms with Crippen molar-refractivity contribution in [1.82, 2.24) is 15.3 Å². The Morgan fingerprint density at radius 3 is 2.87 bits per heavy atom. The zero-order chi connectivity index (χ0) is 20.9. The van der Waals surface area contributed by atoms with Gasteiger partial charge in [-0.15, -0.1) is 0 Å². The largest absolute Gasteiger partial charge is 0.398 e. The van der Waals surface area contributed by atoms with Gasteiger partial charge in [0.05, 0.1) is 22.6 Å². The summed E-state index contributed by atoms with van der Waals surface area (Å²) in [6.45, 7) is 5.02. The minimum Gasteiger partial charge on any atom is -0.398 e. The molecule has 1 aromatic carbocycles. The van der Waals surface area contributed by atoms with Gasteiger partial charge in [0.2, 0.25) is 0 Å². The lowest BCUT2D eigenvalue weighted by molar-refractivity contribution is 0.442. The molecule has 3 aromatic rings. The molecule has 1 saturated carbocycles. The molecule has 0 unspecified atom stereocenters. The lowest BCUT2D eigenvalue weighted by Crippen LogP contribution is -2.52. The molecule has 7 heteroatoms. The van der Waals surface area contributed by atoms with Crippen molar-refractivity contribution in [3.63, 3.8) is 0 Å². The average Bonchev–Trinajstić information content (AvgIpc) is 3.48. The number of benzene rings is 1. The number of halogens is 1. The van der Waals surface area contributed by atoms with Crippen LogP contribution in [-0.2, 0) is 0 Å². The molecule has 6 nitrogen and oxygen atoms in total. The molecule has 30 heavy (non-hydrogen) atoms. The molecule has 2 aliphatic rings. The Kier molecular flexibility index (Phi) is 4.64. The molecule has 3 N–H and O–H groups in total. The Morgan fingerprint density at radius 2 is 2.10 bits per heavy atom. The van der Waals surface area contributed by atoms with Crippen LogP contribution in [0.15, 0.2) is 35.5 Å². The first-order valence-corrected chi connectivity index (χ1v) is 10.6. The van der Waals surface area contributed by atoms with Gasteiger partial charge in [-0.3, -0.25) is 4.99 Å². The summed E-state index contributed by atoms with van der Waals surface area (Å²) in [5.74, 6) is 0.